The highest BCUT2D eigenvalue weighted by atomic mass is 35.5. The summed E-state index contributed by atoms with van der Waals surface area (Å²) >= 11 is 5.71. The Hall–Kier alpha value is -1.79. The predicted molar refractivity (Wildman–Crippen MR) is 64.7 cm³/mol. The molecule has 1 aromatic carbocycles. The van der Waals surface area contributed by atoms with Crippen molar-refractivity contribution < 1.29 is 14.3 Å². The number of terminal acetylenes is 1. The van der Waals surface area contributed by atoms with Gasteiger partial charge in [-0.25, -0.2) is 0 Å². The lowest BCUT2D eigenvalue weighted by Gasteiger charge is -2.10. The molecule has 1 atom stereocenters. The lowest BCUT2D eigenvalue weighted by atomic mass is 9.95. The van der Waals surface area contributed by atoms with E-state index >= 15 is 0 Å². The topological polar surface area (TPSA) is 43.4 Å². The maximum absolute atomic E-state index is 12.0. The zero-order valence-corrected chi connectivity index (χ0v) is 10.0. The van der Waals surface area contributed by atoms with Crippen molar-refractivity contribution in [3.63, 3.8) is 0 Å². The molecule has 0 bridgehead atoms. The monoisotopic (exact) mass is 250 g/mol. The summed E-state index contributed by atoms with van der Waals surface area (Å²) in [6.07, 6.45) is 5.15. The molecular formula is C13H11ClO3. The highest BCUT2D eigenvalue weighted by molar-refractivity contribution is 6.30. The third-order valence-electron chi connectivity index (χ3n) is 2.25. The summed E-state index contributed by atoms with van der Waals surface area (Å²) in [7, 11) is 1.22. The van der Waals surface area contributed by atoms with Crippen molar-refractivity contribution in [1.29, 1.82) is 0 Å². The number of rotatable bonds is 4. The Morgan fingerprint density at radius 1 is 1.41 bits per heavy atom. The van der Waals surface area contributed by atoms with Gasteiger partial charge in [0.15, 0.2) is 5.78 Å². The van der Waals surface area contributed by atoms with Gasteiger partial charge in [0.25, 0.3) is 0 Å². The van der Waals surface area contributed by atoms with E-state index in [1.165, 1.54) is 7.11 Å². The average molecular weight is 251 g/mol. The molecule has 0 spiro atoms. The fourth-order valence-corrected chi connectivity index (χ4v) is 1.48. The maximum atomic E-state index is 12.0. The van der Waals surface area contributed by atoms with E-state index in [1.807, 2.05) is 0 Å². The van der Waals surface area contributed by atoms with Crippen LogP contribution in [0.2, 0.25) is 5.02 Å². The Kier molecular flexibility index (Phi) is 4.74. The fraction of sp³-hybridized carbons (Fsp3) is 0.231. The van der Waals surface area contributed by atoms with Gasteiger partial charge < -0.3 is 4.74 Å². The van der Waals surface area contributed by atoms with Gasteiger partial charge in [-0.1, -0.05) is 11.6 Å². The number of Topliss-reactive ketones (excluding diaryl/α,β-unsaturated/α-hetero) is 1. The molecule has 3 nitrogen and oxygen atoms in total. The molecule has 1 rings (SSSR count). The Labute approximate surface area is 105 Å². The third kappa shape index (κ3) is 3.33. The molecule has 0 aliphatic carbocycles. The first-order chi connectivity index (χ1) is 8.10. The molecule has 0 saturated carbocycles. The molecule has 0 aliphatic heterocycles. The average Bonchev–Trinajstić information content (AvgIpc) is 2.35. The number of ketones is 1. The number of methoxy groups -OCH3 is 1. The fourth-order valence-electron chi connectivity index (χ4n) is 1.36. The van der Waals surface area contributed by atoms with Crippen molar-refractivity contribution >= 4 is 23.4 Å². The highest BCUT2D eigenvalue weighted by Crippen LogP contribution is 2.16. The zero-order valence-electron chi connectivity index (χ0n) is 9.27. The highest BCUT2D eigenvalue weighted by Gasteiger charge is 2.27. The van der Waals surface area contributed by atoms with Crippen LogP contribution in [0.3, 0.4) is 0 Å². The second-order valence-corrected chi connectivity index (χ2v) is 3.79. The first-order valence-electron chi connectivity index (χ1n) is 4.91. The second kappa shape index (κ2) is 6.07. The number of hydrogen-bond acceptors (Lipinski definition) is 3. The van der Waals surface area contributed by atoms with Gasteiger partial charge in [0, 0.05) is 17.0 Å². The predicted octanol–water partition coefficient (Wildman–Crippen LogP) is 2.34. The Bertz CT molecular complexity index is 457. The van der Waals surface area contributed by atoms with Crippen molar-refractivity contribution in [1.82, 2.24) is 0 Å². The summed E-state index contributed by atoms with van der Waals surface area (Å²) < 4.78 is 4.55. The summed E-state index contributed by atoms with van der Waals surface area (Å²) in [4.78, 5) is 23.4. The van der Waals surface area contributed by atoms with Crippen LogP contribution in [0.25, 0.3) is 0 Å². The lowest BCUT2D eigenvalue weighted by molar-refractivity contribution is -0.143. The van der Waals surface area contributed by atoms with E-state index < -0.39 is 11.9 Å². The Balaban J connectivity index is 2.96. The normalized spacial score (nSPS) is 11.4. The number of ether oxygens (including phenoxy) is 1. The first-order valence-corrected chi connectivity index (χ1v) is 5.29. The summed E-state index contributed by atoms with van der Waals surface area (Å²) in [5.41, 5.74) is 0.389. The van der Waals surface area contributed by atoms with Crippen LogP contribution in [-0.4, -0.2) is 18.9 Å². The molecule has 0 radical (unpaired) electrons. The van der Waals surface area contributed by atoms with Crippen LogP contribution in [0, 0.1) is 18.3 Å². The smallest absolute Gasteiger partial charge is 0.317 e. The molecule has 0 aromatic heterocycles. The van der Waals surface area contributed by atoms with Gasteiger partial charge in [0.2, 0.25) is 0 Å². The van der Waals surface area contributed by atoms with Crippen LogP contribution in [0.5, 0.6) is 0 Å². The van der Waals surface area contributed by atoms with Gasteiger partial charge in [-0.2, -0.15) is 0 Å². The van der Waals surface area contributed by atoms with Crippen LogP contribution in [-0.2, 0) is 9.53 Å². The molecule has 0 saturated heterocycles. The molecule has 88 valence electrons. The van der Waals surface area contributed by atoms with Crippen molar-refractivity contribution in [2.75, 3.05) is 7.11 Å². The van der Waals surface area contributed by atoms with E-state index in [4.69, 9.17) is 18.0 Å². The van der Waals surface area contributed by atoms with Gasteiger partial charge in [0.05, 0.1) is 7.11 Å². The van der Waals surface area contributed by atoms with Crippen LogP contribution in [0.1, 0.15) is 16.8 Å². The summed E-state index contributed by atoms with van der Waals surface area (Å²) in [5, 5.41) is 0.521. The van der Waals surface area contributed by atoms with Crippen molar-refractivity contribution in [2.24, 2.45) is 5.92 Å². The van der Waals surface area contributed by atoms with E-state index in [-0.39, 0.29) is 12.2 Å². The molecule has 0 N–H and O–H groups in total. The molecular weight excluding hydrogens is 240 g/mol. The Morgan fingerprint density at radius 3 is 2.47 bits per heavy atom. The number of esters is 1. The van der Waals surface area contributed by atoms with Crippen LogP contribution in [0.15, 0.2) is 24.3 Å². The molecule has 1 unspecified atom stereocenters. The summed E-state index contributed by atoms with van der Waals surface area (Å²) in [6.45, 7) is 0. The van der Waals surface area contributed by atoms with Gasteiger partial charge in [-0.05, 0) is 24.3 Å². The van der Waals surface area contributed by atoms with E-state index in [2.05, 4.69) is 10.7 Å². The van der Waals surface area contributed by atoms with Gasteiger partial charge in [-0.3, -0.25) is 9.59 Å². The van der Waals surface area contributed by atoms with Crippen molar-refractivity contribution in [3.8, 4) is 12.3 Å². The number of halogens is 1. The molecule has 0 amide bonds. The third-order valence-corrected chi connectivity index (χ3v) is 2.50. The van der Waals surface area contributed by atoms with Crippen molar-refractivity contribution in [3.05, 3.63) is 34.9 Å². The minimum absolute atomic E-state index is 0.0220. The van der Waals surface area contributed by atoms with Gasteiger partial charge >= 0.3 is 5.97 Å². The minimum atomic E-state index is -0.953. The molecule has 4 heteroatoms. The van der Waals surface area contributed by atoms with Crippen LogP contribution >= 0.6 is 11.6 Å². The van der Waals surface area contributed by atoms with Crippen molar-refractivity contribution in [2.45, 2.75) is 6.42 Å². The summed E-state index contributed by atoms with van der Waals surface area (Å²) in [6, 6.07) is 6.27. The Morgan fingerprint density at radius 2 is 2.00 bits per heavy atom. The van der Waals surface area contributed by atoms with Gasteiger partial charge in [-0.15, -0.1) is 12.3 Å². The quantitative estimate of drug-likeness (QED) is 0.357. The van der Waals surface area contributed by atoms with Crippen LogP contribution < -0.4 is 0 Å². The van der Waals surface area contributed by atoms with E-state index in [9.17, 15) is 9.59 Å². The van der Waals surface area contributed by atoms with E-state index in [0.717, 1.165) is 0 Å². The SMILES string of the molecule is C#CCC(C(=O)OC)C(=O)c1ccc(Cl)cc1. The van der Waals surface area contributed by atoms with Crippen LogP contribution in [0.4, 0.5) is 0 Å². The molecule has 0 heterocycles. The summed E-state index contributed by atoms with van der Waals surface area (Å²) in [5.74, 6) is 0.367. The minimum Gasteiger partial charge on any atom is -0.468 e. The largest absolute Gasteiger partial charge is 0.468 e. The van der Waals surface area contributed by atoms with E-state index in [0.29, 0.717) is 10.6 Å². The molecule has 17 heavy (non-hydrogen) atoms. The molecule has 1 aromatic rings. The van der Waals surface area contributed by atoms with E-state index in [1.54, 1.807) is 24.3 Å². The maximum Gasteiger partial charge on any atom is 0.317 e. The number of carbonyl (C=O) groups is 2. The standard InChI is InChI=1S/C13H11ClO3/c1-3-4-11(13(16)17-2)12(15)9-5-7-10(14)8-6-9/h1,5-8,11H,4H2,2H3. The second-order valence-electron chi connectivity index (χ2n) is 3.36. The molecule has 0 aliphatic rings. The lowest BCUT2D eigenvalue weighted by Crippen LogP contribution is -2.25. The van der Waals surface area contributed by atoms with Gasteiger partial charge in [0.1, 0.15) is 5.92 Å². The molecule has 0 fully saturated rings. The number of hydrogen-bond donors (Lipinski definition) is 0. The number of carbonyl (C=O) groups excluding carboxylic acids is 2. The first kappa shape index (κ1) is 13.3. The zero-order chi connectivity index (χ0) is 12.8. The number of benzene rings is 1.